The van der Waals surface area contributed by atoms with E-state index in [1.54, 1.807) is 42.1 Å². The van der Waals surface area contributed by atoms with Crippen molar-refractivity contribution in [3.63, 3.8) is 0 Å². The molecule has 0 bridgehead atoms. The standard InChI is InChI=1S/C13H10N4O2/c1-19-10-5-3-9(4-6-10)11-12(16-18)17-8-2-7-14-13(17)15-11/h2-8H,1H3. The number of methoxy groups -OCH3 is 1. The first-order valence-corrected chi connectivity index (χ1v) is 5.64. The van der Waals surface area contributed by atoms with Gasteiger partial charge >= 0.3 is 0 Å². The quantitative estimate of drug-likeness (QED) is 0.674. The van der Waals surface area contributed by atoms with E-state index in [9.17, 15) is 4.91 Å². The number of hydrogen-bond acceptors (Lipinski definition) is 5. The zero-order valence-corrected chi connectivity index (χ0v) is 10.1. The van der Waals surface area contributed by atoms with Crippen molar-refractivity contribution < 1.29 is 4.74 Å². The summed E-state index contributed by atoms with van der Waals surface area (Å²) in [6.07, 6.45) is 3.33. The van der Waals surface area contributed by atoms with Crippen LogP contribution in [-0.2, 0) is 0 Å². The van der Waals surface area contributed by atoms with E-state index < -0.39 is 0 Å². The normalized spacial score (nSPS) is 10.6. The van der Waals surface area contributed by atoms with Gasteiger partial charge < -0.3 is 4.74 Å². The molecule has 0 saturated heterocycles. The maximum Gasteiger partial charge on any atom is 0.236 e. The zero-order chi connectivity index (χ0) is 13.2. The van der Waals surface area contributed by atoms with Crippen molar-refractivity contribution in [1.29, 1.82) is 0 Å². The van der Waals surface area contributed by atoms with Crippen LogP contribution in [0.3, 0.4) is 0 Å². The number of hydrogen-bond donors (Lipinski definition) is 0. The monoisotopic (exact) mass is 254 g/mol. The minimum atomic E-state index is 0.244. The van der Waals surface area contributed by atoms with Gasteiger partial charge in [0.1, 0.15) is 11.4 Å². The summed E-state index contributed by atoms with van der Waals surface area (Å²) in [5.74, 6) is 1.43. The lowest BCUT2D eigenvalue weighted by Gasteiger charge is -2.00. The van der Waals surface area contributed by atoms with E-state index in [-0.39, 0.29) is 5.82 Å². The molecule has 6 heteroatoms. The van der Waals surface area contributed by atoms with E-state index in [0.29, 0.717) is 11.5 Å². The van der Waals surface area contributed by atoms with Crippen molar-refractivity contribution in [2.75, 3.05) is 7.11 Å². The number of rotatable bonds is 3. The predicted molar refractivity (Wildman–Crippen MR) is 70.4 cm³/mol. The Morgan fingerprint density at radius 1 is 1.26 bits per heavy atom. The lowest BCUT2D eigenvalue weighted by Crippen LogP contribution is -1.84. The molecular weight excluding hydrogens is 244 g/mol. The van der Waals surface area contributed by atoms with E-state index in [0.717, 1.165) is 11.3 Å². The Hall–Kier alpha value is -2.76. The smallest absolute Gasteiger partial charge is 0.236 e. The first kappa shape index (κ1) is 11.3. The third-order valence-electron chi connectivity index (χ3n) is 2.83. The minimum absolute atomic E-state index is 0.244. The van der Waals surface area contributed by atoms with Crippen LogP contribution in [0.15, 0.2) is 47.9 Å². The van der Waals surface area contributed by atoms with E-state index in [1.807, 2.05) is 12.1 Å². The predicted octanol–water partition coefficient (Wildman–Crippen LogP) is 2.80. The highest BCUT2D eigenvalue weighted by Crippen LogP contribution is 2.30. The van der Waals surface area contributed by atoms with Crippen molar-refractivity contribution in [2.24, 2.45) is 5.18 Å². The van der Waals surface area contributed by atoms with Gasteiger partial charge in [-0.25, -0.2) is 9.97 Å². The number of ether oxygens (including phenoxy) is 1. The Kier molecular flexibility index (Phi) is 2.68. The summed E-state index contributed by atoms with van der Waals surface area (Å²) in [6, 6.07) is 8.99. The molecule has 0 unspecified atom stereocenters. The Balaban J connectivity index is 2.20. The van der Waals surface area contributed by atoms with Crippen LogP contribution in [0.5, 0.6) is 5.75 Å². The van der Waals surface area contributed by atoms with Crippen LogP contribution in [0.1, 0.15) is 0 Å². The summed E-state index contributed by atoms with van der Waals surface area (Å²) in [4.78, 5) is 19.5. The first-order chi connectivity index (χ1) is 9.33. The molecule has 3 rings (SSSR count). The minimum Gasteiger partial charge on any atom is -0.497 e. The molecule has 0 radical (unpaired) electrons. The molecule has 3 aromatic rings. The molecule has 0 aliphatic heterocycles. The molecule has 0 saturated carbocycles. The molecule has 2 heterocycles. The molecule has 0 spiro atoms. The largest absolute Gasteiger partial charge is 0.497 e. The van der Waals surface area contributed by atoms with Gasteiger partial charge in [-0.15, -0.1) is 4.91 Å². The molecule has 0 N–H and O–H groups in total. The summed E-state index contributed by atoms with van der Waals surface area (Å²) in [7, 11) is 1.60. The van der Waals surface area contributed by atoms with Gasteiger partial charge in [-0.2, -0.15) is 0 Å². The second-order valence-corrected chi connectivity index (χ2v) is 3.89. The average molecular weight is 254 g/mol. The van der Waals surface area contributed by atoms with Gasteiger partial charge in [0.05, 0.1) is 7.11 Å². The third-order valence-corrected chi connectivity index (χ3v) is 2.83. The highest BCUT2D eigenvalue weighted by Gasteiger charge is 2.15. The van der Waals surface area contributed by atoms with E-state index in [1.165, 1.54) is 0 Å². The van der Waals surface area contributed by atoms with Crippen LogP contribution >= 0.6 is 0 Å². The maximum atomic E-state index is 11.0. The maximum absolute atomic E-state index is 11.0. The lowest BCUT2D eigenvalue weighted by molar-refractivity contribution is 0.415. The van der Waals surface area contributed by atoms with Crippen LogP contribution in [0.25, 0.3) is 17.0 Å². The first-order valence-electron chi connectivity index (χ1n) is 5.64. The molecule has 0 amide bonds. The van der Waals surface area contributed by atoms with E-state index >= 15 is 0 Å². The number of nitroso groups, excluding NO2 is 1. The third kappa shape index (κ3) is 1.83. The topological polar surface area (TPSA) is 68.8 Å². The van der Waals surface area contributed by atoms with Gasteiger partial charge in [-0.3, -0.25) is 4.40 Å². The van der Waals surface area contributed by atoms with Gasteiger partial charge in [0.2, 0.25) is 11.6 Å². The molecule has 94 valence electrons. The number of fused-ring (bicyclic) bond motifs is 1. The van der Waals surface area contributed by atoms with Crippen LogP contribution in [0.4, 0.5) is 5.82 Å². The fourth-order valence-electron chi connectivity index (χ4n) is 1.91. The molecular formula is C13H10N4O2. The number of imidazole rings is 1. The molecule has 0 fully saturated rings. The van der Waals surface area contributed by atoms with Gasteiger partial charge in [-0.05, 0) is 35.5 Å². The highest BCUT2D eigenvalue weighted by molar-refractivity contribution is 5.73. The SMILES string of the molecule is COc1ccc(-c2nc3ncccn3c2N=O)cc1. The van der Waals surface area contributed by atoms with Crippen LogP contribution < -0.4 is 4.74 Å². The number of benzene rings is 1. The summed E-state index contributed by atoms with van der Waals surface area (Å²) < 4.78 is 6.66. The van der Waals surface area contributed by atoms with Gasteiger partial charge in [0, 0.05) is 18.0 Å². The summed E-state index contributed by atoms with van der Waals surface area (Å²) >= 11 is 0. The highest BCUT2D eigenvalue weighted by atomic mass is 16.5. The second-order valence-electron chi connectivity index (χ2n) is 3.89. The summed E-state index contributed by atoms with van der Waals surface area (Å²) in [6.45, 7) is 0. The summed E-state index contributed by atoms with van der Waals surface area (Å²) in [5.41, 5.74) is 1.30. The fraction of sp³-hybridized carbons (Fsp3) is 0.0769. The Morgan fingerprint density at radius 2 is 2.05 bits per heavy atom. The van der Waals surface area contributed by atoms with Gasteiger partial charge in [-0.1, -0.05) is 0 Å². The zero-order valence-electron chi connectivity index (χ0n) is 10.1. The molecule has 0 atom stereocenters. The number of nitrogens with zero attached hydrogens (tertiary/aromatic N) is 4. The second kappa shape index (κ2) is 4.49. The van der Waals surface area contributed by atoms with Gasteiger partial charge in [0.15, 0.2) is 0 Å². The molecule has 6 nitrogen and oxygen atoms in total. The van der Waals surface area contributed by atoms with Crippen molar-refractivity contribution >= 4 is 11.6 Å². The molecule has 2 aromatic heterocycles. The van der Waals surface area contributed by atoms with Crippen molar-refractivity contribution in [3.8, 4) is 17.0 Å². The van der Waals surface area contributed by atoms with Crippen LogP contribution in [0, 0.1) is 4.91 Å². The van der Waals surface area contributed by atoms with E-state index in [2.05, 4.69) is 15.1 Å². The van der Waals surface area contributed by atoms with Crippen molar-refractivity contribution in [3.05, 3.63) is 47.6 Å². The Morgan fingerprint density at radius 3 is 2.74 bits per heavy atom. The van der Waals surface area contributed by atoms with Gasteiger partial charge in [0.25, 0.3) is 0 Å². The van der Waals surface area contributed by atoms with Crippen LogP contribution in [0.2, 0.25) is 0 Å². The Bertz CT molecular complexity index is 734. The summed E-state index contributed by atoms with van der Waals surface area (Å²) in [5, 5.41) is 3.06. The Labute approximate surface area is 108 Å². The molecule has 1 aromatic carbocycles. The van der Waals surface area contributed by atoms with E-state index in [4.69, 9.17) is 4.74 Å². The fourth-order valence-corrected chi connectivity index (χ4v) is 1.91. The number of aromatic nitrogens is 3. The van der Waals surface area contributed by atoms with Crippen molar-refractivity contribution in [2.45, 2.75) is 0 Å². The molecule has 19 heavy (non-hydrogen) atoms. The lowest BCUT2D eigenvalue weighted by atomic mass is 10.1. The molecule has 0 aliphatic carbocycles. The van der Waals surface area contributed by atoms with Crippen LogP contribution in [-0.4, -0.2) is 21.5 Å². The average Bonchev–Trinajstić information content (AvgIpc) is 2.85. The van der Waals surface area contributed by atoms with Crippen molar-refractivity contribution in [1.82, 2.24) is 14.4 Å². The molecule has 0 aliphatic rings.